The maximum Gasteiger partial charge on any atom is 0.295 e. The van der Waals surface area contributed by atoms with E-state index >= 15 is 0 Å². The highest BCUT2D eigenvalue weighted by Crippen LogP contribution is 2.16. The zero-order valence-corrected chi connectivity index (χ0v) is 13.2. The Labute approximate surface area is 135 Å². The summed E-state index contributed by atoms with van der Waals surface area (Å²) in [5, 5.41) is 7.13. The van der Waals surface area contributed by atoms with E-state index in [2.05, 4.69) is 22.3 Å². The summed E-state index contributed by atoms with van der Waals surface area (Å²) < 4.78 is 1.60. The summed E-state index contributed by atoms with van der Waals surface area (Å²) in [7, 11) is 0. The lowest BCUT2D eigenvalue weighted by atomic mass is 10.1. The van der Waals surface area contributed by atoms with Crippen LogP contribution in [0, 0.1) is 6.92 Å². The summed E-state index contributed by atoms with van der Waals surface area (Å²) in [6, 6.07) is 15.6. The number of hydrogen-bond donors (Lipinski definition) is 1. The average Bonchev–Trinajstić information content (AvgIpc) is 3.06. The van der Waals surface area contributed by atoms with Crippen molar-refractivity contribution in [1.29, 1.82) is 0 Å². The lowest BCUT2D eigenvalue weighted by molar-refractivity contribution is 0.101. The summed E-state index contributed by atoms with van der Waals surface area (Å²) in [5.41, 5.74) is 3.92. The highest BCUT2D eigenvalue weighted by molar-refractivity contribution is 6.01. The van der Waals surface area contributed by atoms with Crippen LogP contribution >= 0.6 is 0 Å². The first-order chi connectivity index (χ1) is 11.2. The SMILES string of the molecule is CCc1ccccc1NC(=O)c1ncn(-c2ccc(C)cc2)n1. The number of benzene rings is 2. The van der Waals surface area contributed by atoms with Gasteiger partial charge < -0.3 is 5.32 Å². The first-order valence-electron chi connectivity index (χ1n) is 7.55. The molecule has 0 aliphatic carbocycles. The van der Waals surface area contributed by atoms with Crippen molar-refractivity contribution in [2.24, 2.45) is 0 Å². The van der Waals surface area contributed by atoms with Gasteiger partial charge in [0.2, 0.25) is 5.82 Å². The zero-order valence-electron chi connectivity index (χ0n) is 13.2. The molecule has 5 heteroatoms. The maximum absolute atomic E-state index is 12.3. The van der Waals surface area contributed by atoms with Crippen molar-refractivity contribution in [2.45, 2.75) is 20.3 Å². The third-order valence-electron chi connectivity index (χ3n) is 3.64. The summed E-state index contributed by atoms with van der Waals surface area (Å²) in [6.07, 6.45) is 2.40. The fourth-order valence-electron chi connectivity index (χ4n) is 2.32. The van der Waals surface area contributed by atoms with Crippen molar-refractivity contribution < 1.29 is 4.79 Å². The van der Waals surface area contributed by atoms with Gasteiger partial charge in [-0.1, -0.05) is 42.8 Å². The molecule has 1 aromatic heterocycles. The summed E-state index contributed by atoms with van der Waals surface area (Å²) in [5.74, 6) is -0.159. The van der Waals surface area contributed by atoms with Crippen molar-refractivity contribution >= 4 is 11.6 Å². The number of para-hydroxylation sites is 1. The number of hydrogen-bond acceptors (Lipinski definition) is 3. The van der Waals surface area contributed by atoms with Crippen LogP contribution in [0.3, 0.4) is 0 Å². The van der Waals surface area contributed by atoms with Crippen LogP contribution in [0.2, 0.25) is 0 Å². The van der Waals surface area contributed by atoms with Crippen molar-refractivity contribution in [3.05, 3.63) is 71.8 Å². The van der Waals surface area contributed by atoms with E-state index in [0.29, 0.717) is 0 Å². The predicted molar refractivity (Wildman–Crippen MR) is 89.9 cm³/mol. The van der Waals surface area contributed by atoms with E-state index in [1.165, 1.54) is 5.56 Å². The van der Waals surface area contributed by atoms with Crippen molar-refractivity contribution in [3.63, 3.8) is 0 Å². The predicted octanol–water partition coefficient (Wildman–Crippen LogP) is 3.39. The molecule has 0 spiro atoms. The fraction of sp³-hybridized carbons (Fsp3) is 0.167. The zero-order chi connectivity index (χ0) is 16.2. The standard InChI is InChI=1S/C18H18N4O/c1-3-14-6-4-5-7-16(14)20-18(23)17-19-12-22(21-17)15-10-8-13(2)9-11-15/h4-12H,3H2,1-2H3,(H,20,23). The van der Waals surface area contributed by atoms with E-state index in [1.807, 2.05) is 55.5 Å². The molecule has 5 nitrogen and oxygen atoms in total. The van der Waals surface area contributed by atoms with E-state index < -0.39 is 0 Å². The number of amides is 1. The minimum atomic E-state index is -0.309. The molecule has 0 aliphatic rings. The summed E-state index contributed by atoms with van der Waals surface area (Å²) >= 11 is 0. The molecule has 0 saturated heterocycles. The van der Waals surface area contributed by atoms with Gasteiger partial charge in [-0.2, -0.15) is 0 Å². The molecule has 0 saturated carbocycles. The lowest BCUT2D eigenvalue weighted by Crippen LogP contribution is -2.15. The third kappa shape index (κ3) is 3.29. The molecule has 3 rings (SSSR count). The van der Waals surface area contributed by atoms with Crippen LogP contribution in [0.1, 0.15) is 28.7 Å². The van der Waals surface area contributed by atoms with E-state index in [-0.39, 0.29) is 11.7 Å². The lowest BCUT2D eigenvalue weighted by Gasteiger charge is -2.07. The molecule has 0 radical (unpaired) electrons. The summed E-state index contributed by atoms with van der Waals surface area (Å²) in [4.78, 5) is 16.4. The second-order valence-electron chi connectivity index (χ2n) is 5.31. The number of rotatable bonds is 4. The summed E-state index contributed by atoms with van der Waals surface area (Å²) in [6.45, 7) is 4.07. The van der Waals surface area contributed by atoms with Crippen LogP contribution in [0.5, 0.6) is 0 Å². The second kappa shape index (κ2) is 6.44. The quantitative estimate of drug-likeness (QED) is 0.803. The molecular weight excluding hydrogens is 288 g/mol. The number of anilines is 1. The van der Waals surface area contributed by atoms with Gasteiger partial charge in [-0.3, -0.25) is 4.79 Å². The number of aromatic nitrogens is 3. The highest BCUT2D eigenvalue weighted by Gasteiger charge is 2.13. The van der Waals surface area contributed by atoms with Gasteiger partial charge in [0.05, 0.1) is 5.69 Å². The fourth-order valence-corrected chi connectivity index (χ4v) is 2.32. The van der Waals surface area contributed by atoms with Gasteiger partial charge in [0.1, 0.15) is 6.33 Å². The molecule has 0 bridgehead atoms. The van der Waals surface area contributed by atoms with Gasteiger partial charge in [-0.25, -0.2) is 9.67 Å². The van der Waals surface area contributed by atoms with Crippen LogP contribution in [-0.2, 0) is 6.42 Å². The van der Waals surface area contributed by atoms with Gasteiger partial charge in [0.15, 0.2) is 0 Å². The molecule has 2 aromatic carbocycles. The van der Waals surface area contributed by atoms with Crippen LogP contribution in [0.4, 0.5) is 5.69 Å². The molecule has 3 aromatic rings. The minimum absolute atomic E-state index is 0.150. The number of aryl methyl sites for hydroxylation is 2. The monoisotopic (exact) mass is 306 g/mol. The Kier molecular flexibility index (Phi) is 4.19. The van der Waals surface area contributed by atoms with E-state index in [4.69, 9.17) is 0 Å². The molecule has 0 aliphatic heterocycles. The molecule has 116 valence electrons. The Morgan fingerprint density at radius 3 is 2.61 bits per heavy atom. The van der Waals surface area contributed by atoms with Gasteiger partial charge in [0, 0.05) is 5.69 Å². The normalized spacial score (nSPS) is 10.5. The number of nitrogens with one attached hydrogen (secondary N) is 1. The topological polar surface area (TPSA) is 59.8 Å². The van der Waals surface area contributed by atoms with Gasteiger partial charge in [-0.15, -0.1) is 5.10 Å². The molecule has 1 N–H and O–H groups in total. The van der Waals surface area contributed by atoms with E-state index in [9.17, 15) is 4.79 Å². The van der Waals surface area contributed by atoms with E-state index in [1.54, 1.807) is 11.0 Å². The molecule has 0 unspecified atom stereocenters. The number of carbonyl (C=O) groups is 1. The Balaban J connectivity index is 1.80. The van der Waals surface area contributed by atoms with Crippen molar-refractivity contribution in [1.82, 2.24) is 14.8 Å². The van der Waals surface area contributed by atoms with Gasteiger partial charge in [0.25, 0.3) is 5.91 Å². The van der Waals surface area contributed by atoms with Crippen LogP contribution in [-0.4, -0.2) is 20.7 Å². The average molecular weight is 306 g/mol. The van der Waals surface area contributed by atoms with Gasteiger partial charge in [-0.05, 0) is 37.1 Å². The second-order valence-corrected chi connectivity index (χ2v) is 5.31. The third-order valence-corrected chi connectivity index (χ3v) is 3.64. The Morgan fingerprint density at radius 2 is 1.87 bits per heavy atom. The van der Waals surface area contributed by atoms with Crippen LogP contribution in [0.25, 0.3) is 5.69 Å². The Hall–Kier alpha value is -2.95. The molecule has 1 amide bonds. The van der Waals surface area contributed by atoms with Crippen molar-refractivity contribution in [2.75, 3.05) is 5.32 Å². The molecule has 23 heavy (non-hydrogen) atoms. The van der Waals surface area contributed by atoms with Crippen LogP contribution < -0.4 is 5.32 Å². The minimum Gasteiger partial charge on any atom is -0.319 e. The van der Waals surface area contributed by atoms with Gasteiger partial charge >= 0.3 is 0 Å². The smallest absolute Gasteiger partial charge is 0.295 e. The first kappa shape index (κ1) is 15.0. The van der Waals surface area contributed by atoms with Crippen LogP contribution in [0.15, 0.2) is 54.9 Å². The van der Waals surface area contributed by atoms with Crippen molar-refractivity contribution in [3.8, 4) is 5.69 Å². The molecule has 0 atom stereocenters. The molecular formula is C18H18N4O. The molecule has 1 heterocycles. The number of nitrogens with zero attached hydrogens (tertiary/aromatic N) is 3. The molecule has 0 fully saturated rings. The largest absolute Gasteiger partial charge is 0.319 e. The Morgan fingerprint density at radius 1 is 1.13 bits per heavy atom. The highest BCUT2D eigenvalue weighted by atomic mass is 16.2. The first-order valence-corrected chi connectivity index (χ1v) is 7.55. The van der Waals surface area contributed by atoms with E-state index in [0.717, 1.165) is 23.4 Å². The Bertz CT molecular complexity index is 821. The maximum atomic E-state index is 12.3. The number of carbonyl (C=O) groups excluding carboxylic acids is 1.